The van der Waals surface area contributed by atoms with Crippen LogP contribution in [-0.2, 0) is 4.74 Å². The summed E-state index contributed by atoms with van der Waals surface area (Å²) in [7, 11) is 1.73. The molecule has 0 saturated carbocycles. The lowest BCUT2D eigenvalue weighted by molar-refractivity contribution is 0.144. The average molecular weight is 203 g/mol. The maximum absolute atomic E-state index is 9.08. The molecule has 0 spiro atoms. The topological polar surface area (TPSA) is 41.5 Å². The summed E-state index contributed by atoms with van der Waals surface area (Å²) in [5.74, 6) is 0.585. The van der Waals surface area contributed by atoms with Gasteiger partial charge in [0.25, 0.3) is 0 Å². The normalized spacial score (nSPS) is 15.9. The average Bonchev–Trinajstić information content (AvgIpc) is 2.09. The van der Waals surface area contributed by atoms with Crippen molar-refractivity contribution in [1.82, 2.24) is 5.32 Å². The van der Waals surface area contributed by atoms with Gasteiger partial charge in [0.05, 0.1) is 12.7 Å². The van der Waals surface area contributed by atoms with Gasteiger partial charge in [-0.1, -0.05) is 13.8 Å². The van der Waals surface area contributed by atoms with Crippen molar-refractivity contribution in [1.29, 1.82) is 0 Å². The van der Waals surface area contributed by atoms with Crippen LogP contribution in [0, 0.1) is 5.92 Å². The first-order valence-corrected chi connectivity index (χ1v) is 5.48. The molecular formula is C11H25NO2. The second-order valence-electron chi connectivity index (χ2n) is 4.25. The second-order valence-corrected chi connectivity index (χ2v) is 4.25. The maximum Gasteiger partial charge on any atom is 0.0618 e. The van der Waals surface area contributed by atoms with E-state index in [1.54, 1.807) is 7.11 Å². The van der Waals surface area contributed by atoms with Gasteiger partial charge in [-0.3, -0.25) is 0 Å². The molecule has 0 aliphatic heterocycles. The Labute approximate surface area is 87.8 Å². The summed E-state index contributed by atoms with van der Waals surface area (Å²) < 4.78 is 5.13. The van der Waals surface area contributed by atoms with Crippen molar-refractivity contribution in [3.05, 3.63) is 0 Å². The molecule has 0 aromatic heterocycles. The Balaban J connectivity index is 3.50. The largest absolute Gasteiger partial charge is 0.393 e. The molecule has 0 aliphatic carbocycles. The minimum Gasteiger partial charge on any atom is -0.393 e. The van der Waals surface area contributed by atoms with Crippen molar-refractivity contribution in [2.75, 3.05) is 20.3 Å². The number of aliphatic hydroxyl groups excluding tert-OH is 1. The summed E-state index contributed by atoms with van der Waals surface area (Å²) in [5, 5.41) is 12.5. The van der Waals surface area contributed by atoms with Crippen molar-refractivity contribution >= 4 is 0 Å². The SMILES string of the molecule is COCC(NCCCC(C)O)C(C)C. The first kappa shape index (κ1) is 13.9. The minimum atomic E-state index is -0.184. The third-order valence-corrected chi connectivity index (χ3v) is 2.36. The van der Waals surface area contributed by atoms with Gasteiger partial charge >= 0.3 is 0 Å². The van der Waals surface area contributed by atoms with Gasteiger partial charge in [-0.15, -0.1) is 0 Å². The lowest BCUT2D eigenvalue weighted by atomic mass is 10.1. The van der Waals surface area contributed by atoms with E-state index in [2.05, 4.69) is 19.2 Å². The monoisotopic (exact) mass is 203 g/mol. The molecule has 0 saturated heterocycles. The Bertz CT molecular complexity index is 126. The van der Waals surface area contributed by atoms with Crippen LogP contribution in [0.2, 0.25) is 0 Å². The fourth-order valence-electron chi connectivity index (χ4n) is 1.35. The molecule has 0 fully saturated rings. The lowest BCUT2D eigenvalue weighted by Gasteiger charge is -2.21. The van der Waals surface area contributed by atoms with E-state index in [0.29, 0.717) is 12.0 Å². The van der Waals surface area contributed by atoms with Gasteiger partial charge in [-0.2, -0.15) is 0 Å². The molecular weight excluding hydrogens is 178 g/mol. The van der Waals surface area contributed by atoms with Crippen molar-refractivity contribution < 1.29 is 9.84 Å². The van der Waals surface area contributed by atoms with Crippen LogP contribution < -0.4 is 5.32 Å². The highest BCUT2D eigenvalue weighted by Gasteiger charge is 2.11. The van der Waals surface area contributed by atoms with Crippen LogP contribution in [0.4, 0.5) is 0 Å². The first-order valence-electron chi connectivity index (χ1n) is 5.48. The number of methoxy groups -OCH3 is 1. The molecule has 0 bridgehead atoms. The Morgan fingerprint density at radius 3 is 2.36 bits per heavy atom. The lowest BCUT2D eigenvalue weighted by Crippen LogP contribution is -2.38. The number of nitrogens with one attached hydrogen (secondary N) is 1. The Morgan fingerprint density at radius 2 is 1.93 bits per heavy atom. The number of rotatable bonds is 8. The van der Waals surface area contributed by atoms with E-state index < -0.39 is 0 Å². The van der Waals surface area contributed by atoms with Crippen molar-refractivity contribution in [2.45, 2.75) is 45.8 Å². The highest BCUT2D eigenvalue weighted by Crippen LogP contribution is 2.02. The Kier molecular flexibility index (Phi) is 8.14. The summed E-state index contributed by atoms with van der Waals surface area (Å²) in [5.41, 5.74) is 0. The van der Waals surface area contributed by atoms with Crippen LogP contribution in [0.1, 0.15) is 33.6 Å². The van der Waals surface area contributed by atoms with Crippen molar-refractivity contribution in [3.63, 3.8) is 0 Å². The quantitative estimate of drug-likeness (QED) is 0.586. The van der Waals surface area contributed by atoms with Gasteiger partial charge < -0.3 is 15.2 Å². The molecule has 3 heteroatoms. The number of hydrogen-bond donors (Lipinski definition) is 2. The van der Waals surface area contributed by atoms with Crippen LogP contribution in [0.5, 0.6) is 0 Å². The third kappa shape index (κ3) is 7.30. The van der Waals surface area contributed by atoms with E-state index in [4.69, 9.17) is 9.84 Å². The zero-order valence-corrected chi connectivity index (χ0v) is 9.92. The number of hydrogen-bond acceptors (Lipinski definition) is 3. The molecule has 0 aromatic carbocycles. The predicted octanol–water partition coefficient (Wildman–Crippen LogP) is 1.41. The molecule has 0 aromatic rings. The molecule has 3 nitrogen and oxygen atoms in total. The second kappa shape index (κ2) is 8.21. The highest BCUT2D eigenvalue weighted by molar-refractivity contribution is 4.69. The van der Waals surface area contributed by atoms with Crippen LogP contribution in [0.25, 0.3) is 0 Å². The summed E-state index contributed by atoms with van der Waals surface area (Å²) >= 11 is 0. The summed E-state index contributed by atoms with van der Waals surface area (Å²) in [6.07, 6.45) is 1.70. The maximum atomic E-state index is 9.08. The van der Waals surface area contributed by atoms with Gasteiger partial charge in [0.15, 0.2) is 0 Å². The standard InChI is InChI=1S/C11H25NO2/c1-9(2)11(8-14-4)12-7-5-6-10(3)13/h9-13H,5-8H2,1-4H3. The summed E-state index contributed by atoms with van der Waals surface area (Å²) in [4.78, 5) is 0. The van der Waals surface area contributed by atoms with Crippen molar-refractivity contribution in [3.8, 4) is 0 Å². The van der Waals surface area contributed by atoms with Crippen LogP contribution >= 0.6 is 0 Å². The minimum absolute atomic E-state index is 0.184. The zero-order chi connectivity index (χ0) is 11.0. The smallest absolute Gasteiger partial charge is 0.0618 e. The van der Waals surface area contributed by atoms with E-state index >= 15 is 0 Å². The highest BCUT2D eigenvalue weighted by atomic mass is 16.5. The molecule has 0 rings (SSSR count). The van der Waals surface area contributed by atoms with E-state index in [0.717, 1.165) is 26.0 Å². The van der Waals surface area contributed by atoms with Gasteiger partial charge in [0, 0.05) is 13.2 Å². The molecule has 2 unspecified atom stereocenters. The molecule has 0 amide bonds. The summed E-state index contributed by atoms with van der Waals surface area (Å²) in [6.45, 7) is 7.91. The van der Waals surface area contributed by atoms with Crippen LogP contribution in [0.3, 0.4) is 0 Å². The number of aliphatic hydroxyl groups is 1. The Hall–Kier alpha value is -0.120. The van der Waals surface area contributed by atoms with Gasteiger partial charge in [-0.25, -0.2) is 0 Å². The summed E-state index contributed by atoms with van der Waals surface area (Å²) in [6, 6.07) is 0.425. The third-order valence-electron chi connectivity index (χ3n) is 2.36. The molecule has 86 valence electrons. The van der Waals surface area contributed by atoms with E-state index in [1.165, 1.54) is 0 Å². The van der Waals surface area contributed by atoms with Crippen LogP contribution in [-0.4, -0.2) is 37.5 Å². The van der Waals surface area contributed by atoms with Crippen LogP contribution in [0.15, 0.2) is 0 Å². The van der Waals surface area contributed by atoms with E-state index in [9.17, 15) is 0 Å². The van der Waals surface area contributed by atoms with Gasteiger partial charge in [0.2, 0.25) is 0 Å². The number of ether oxygens (including phenoxy) is 1. The zero-order valence-electron chi connectivity index (χ0n) is 9.92. The Morgan fingerprint density at radius 1 is 1.29 bits per heavy atom. The molecule has 0 radical (unpaired) electrons. The fourth-order valence-corrected chi connectivity index (χ4v) is 1.35. The molecule has 0 heterocycles. The van der Waals surface area contributed by atoms with E-state index in [-0.39, 0.29) is 6.10 Å². The first-order chi connectivity index (χ1) is 6.57. The van der Waals surface area contributed by atoms with Gasteiger partial charge in [-0.05, 0) is 32.2 Å². The molecule has 14 heavy (non-hydrogen) atoms. The predicted molar refractivity (Wildman–Crippen MR) is 59.4 cm³/mol. The van der Waals surface area contributed by atoms with E-state index in [1.807, 2.05) is 6.92 Å². The van der Waals surface area contributed by atoms with Crippen molar-refractivity contribution in [2.24, 2.45) is 5.92 Å². The molecule has 2 atom stereocenters. The van der Waals surface area contributed by atoms with Gasteiger partial charge in [0.1, 0.15) is 0 Å². The molecule has 2 N–H and O–H groups in total. The molecule has 0 aliphatic rings. The fraction of sp³-hybridized carbons (Fsp3) is 1.00.